The molecule has 0 bridgehead atoms. The number of ether oxygens (including phenoxy) is 2. The molecular weight excluding hydrogens is 394 g/mol. The topological polar surface area (TPSA) is 88.7 Å². The third kappa shape index (κ3) is 4.61. The first kappa shape index (κ1) is 20.3. The van der Waals surface area contributed by atoms with Crippen LogP contribution in [0.4, 0.5) is 17.1 Å². The van der Waals surface area contributed by atoms with Gasteiger partial charge in [0.1, 0.15) is 17.5 Å². The Morgan fingerprint density at radius 2 is 1.84 bits per heavy atom. The minimum absolute atomic E-state index is 0.208. The maximum atomic E-state index is 13.2. The SMILES string of the molecule is COc1cccc(NC(=O)[C@@H](Nc2ccc3c(c2)NC(=O)[C@@H](C)O3)c2ccccc2)c1. The van der Waals surface area contributed by atoms with Crippen molar-refractivity contribution in [3.05, 3.63) is 78.4 Å². The van der Waals surface area contributed by atoms with Crippen molar-refractivity contribution in [3.63, 3.8) is 0 Å². The van der Waals surface area contributed by atoms with Crippen molar-refractivity contribution in [1.29, 1.82) is 0 Å². The number of hydrogen-bond acceptors (Lipinski definition) is 5. The Kier molecular flexibility index (Phi) is 5.75. The van der Waals surface area contributed by atoms with Crippen molar-refractivity contribution in [2.45, 2.75) is 19.1 Å². The van der Waals surface area contributed by atoms with E-state index in [-0.39, 0.29) is 11.8 Å². The number of amides is 2. The van der Waals surface area contributed by atoms with Crippen molar-refractivity contribution in [1.82, 2.24) is 0 Å². The summed E-state index contributed by atoms with van der Waals surface area (Å²) in [6.07, 6.45) is -0.544. The molecule has 7 nitrogen and oxygen atoms in total. The standard InChI is InChI=1S/C24H23N3O4/c1-15-23(28)27-20-14-18(11-12-21(20)31-15)25-22(16-7-4-3-5-8-16)24(29)26-17-9-6-10-19(13-17)30-2/h3-15,22,25H,1-2H3,(H,26,29)(H,27,28)/t15-,22+/m1/s1. The molecule has 0 aliphatic carbocycles. The van der Waals surface area contributed by atoms with Crippen LogP contribution >= 0.6 is 0 Å². The average Bonchev–Trinajstić information content (AvgIpc) is 2.79. The lowest BCUT2D eigenvalue weighted by Crippen LogP contribution is -2.34. The van der Waals surface area contributed by atoms with Gasteiger partial charge in [0.05, 0.1) is 12.8 Å². The molecule has 0 aromatic heterocycles. The van der Waals surface area contributed by atoms with Gasteiger partial charge in [-0.2, -0.15) is 0 Å². The smallest absolute Gasteiger partial charge is 0.265 e. The molecule has 3 aromatic carbocycles. The van der Waals surface area contributed by atoms with Gasteiger partial charge in [-0.05, 0) is 42.8 Å². The highest BCUT2D eigenvalue weighted by Gasteiger charge is 2.25. The Hall–Kier alpha value is -4.00. The van der Waals surface area contributed by atoms with Crippen LogP contribution in [0, 0.1) is 0 Å². The molecule has 0 fully saturated rings. The minimum atomic E-state index is -0.662. The van der Waals surface area contributed by atoms with Crippen molar-refractivity contribution in [3.8, 4) is 11.5 Å². The van der Waals surface area contributed by atoms with Crippen LogP contribution in [0.2, 0.25) is 0 Å². The molecule has 1 aliphatic heterocycles. The zero-order chi connectivity index (χ0) is 21.8. The number of nitrogens with one attached hydrogen (secondary N) is 3. The maximum absolute atomic E-state index is 13.2. The molecular formula is C24H23N3O4. The van der Waals surface area contributed by atoms with Crippen LogP contribution < -0.4 is 25.4 Å². The van der Waals surface area contributed by atoms with E-state index in [1.807, 2.05) is 48.5 Å². The van der Waals surface area contributed by atoms with Crippen LogP contribution in [0.5, 0.6) is 11.5 Å². The van der Waals surface area contributed by atoms with Crippen molar-refractivity contribution >= 4 is 28.9 Å². The largest absolute Gasteiger partial charge is 0.497 e. The summed E-state index contributed by atoms with van der Waals surface area (Å²) in [5, 5.41) is 9.03. The molecule has 3 N–H and O–H groups in total. The zero-order valence-corrected chi connectivity index (χ0v) is 17.2. The van der Waals surface area contributed by atoms with Crippen LogP contribution in [0.1, 0.15) is 18.5 Å². The number of benzene rings is 3. The normalized spacial score (nSPS) is 15.7. The molecule has 7 heteroatoms. The molecule has 0 unspecified atom stereocenters. The fourth-order valence-corrected chi connectivity index (χ4v) is 3.33. The Bertz CT molecular complexity index is 1100. The third-order valence-corrected chi connectivity index (χ3v) is 4.95. The molecule has 2 atom stereocenters. The number of carbonyl (C=O) groups excluding carboxylic acids is 2. The first-order valence-electron chi connectivity index (χ1n) is 9.91. The molecule has 158 valence electrons. The number of rotatable bonds is 6. The fourth-order valence-electron chi connectivity index (χ4n) is 3.33. The van der Waals surface area contributed by atoms with Gasteiger partial charge in [0.2, 0.25) is 0 Å². The summed E-state index contributed by atoms with van der Waals surface area (Å²) in [5.41, 5.74) is 2.67. The summed E-state index contributed by atoms with van der Waals surface area (Å²) in [5.74, 6) is 0.808. The number of methoxy groups -OCH3 is 1. The third-order valence-electron chi connectivity index (χ3n) is 4.95. The van der Waals surface area contributed by atoms with Gasteiger partial charge in [0.15, 0.2) is 6.10 Å². The van der Waals surface area contributed by atoms with E-state index in [1.165, 1.54) is 0 Å². The molecule has 0 saturated heterocycles. The second-order valence-electron chi connectivity index (χ2n) is 7.17. The van der Waals surface area contributed by atoms with Crippen LogP contribution in [0.15, 0.2) is 72.8 Å². The predicted molar refractivity (Wildman–Crippen MR) is 120 cm³/mol. The summed E-state index contributed by atoms with van der Waals surface area (Å²) in [6.45, 7) is 1.69. The summed E-state index contributed by atoms with van der Waals surface area (Å²) in [7, 11) is 1.58. The molecule has 0 spiro atoms. The van der Waals surface area contributed by atoms with E-state index in [9.17, 15) is 9.59 Å². The van der Waals surface area contributed by atoms with Gasteiger partial charge in [-0.3, -0.25) is 9.59 Å². The highest BCUT2D eigenvalue weighted by atomic mass is 16.5. The molecule has 3 aromatic rings. The molecule has 1 heterocycles. The zero-order valence-electron chi connectivity index (χ0n) is 17.2. The Balaban J connectivity index is 1.59. The van der Waals surface area contributed by atoms with E-state index in [1.54, 1.807) is 38.3 Å². The van der Waals surface area contributed by atoms with E-state index in [0.717, 1.165) is 5.56 Å². The Labute approximate surface area is 180 Å². The molecule has 4 rings (SSSR count). The highest BCUT2D eigenvalue weighted by Crippen LogP contribution is 2.33. The van der Waals surface area contributed by atoms with Gasteiger partial charge in [-0.25, -0.2) is 0 Å². The second-order valence-corrected chi connectivity index (χ2v) is 7.17. The quantitative estimate of drug-likeness (QED) is 0.559. The molecule has 0 radical (unpaired) electrons. The van der Waals surface area contributed by atoms with Gasteiger partial charge >= 0.3 is 0 Å². The molecule has 1 aliphatic rings. The Morgan fingerprint density at radius 3 is 2.61 bits per heavy atom. The predicted octanol–water partition coefficient (Wildman–Crippen LogP) is 4.21. The van der Waals surface area contributed by atoms with Crippen LogP contribution in [-0.2, 0) is 9.59 Å². The van der Waals surface area contributed by atoms with Crippen LogP contribution in [0.3, 0.4) is 0 Å². The van der Waals surface area contributed by atoms with Crippen LogP contribution in [-0.4, -0.2) is 25.0 Å². The lowest BCUT2D eigenvalue weighted by Gasteiger charge is -2.25. The van der Waals surface area contributed by atoms with Gasteiger partial charge in [-0.15, -0.1) is 0 Å². The number of hydrogen-bond donors (Lipinski definition) is 3. The van der Waals surface area contributed by atoms with E-state index in [2.05, 4.69) is 16.0 Å². The highest BCUT2D eigenvalue weighted by molar-refractivity contribution is 5.99. The Morgan fingerprint density at radius 1 is 1.03 bits per heavy atom. The summed E-state index contributed by atoms with van der Waals surface area (Å²) in [4.78, 5) is 25.1. The fraction of sp³-hybridized carbons (Fsp3) is 0.167. The van der Waals surface area contributed by atoms with Crippen molar-refractivity contribution < 1.29 is 19.1 Å². The minimum Gasteiger partial charge on any atom is -0.497 e. The summed E-state index contributed by atoms with van der Waals surface area (Å²) >= 11 is 0. The lowest BCUT2D eigenvalue weighted by molar-refractivity contribution is -0.122. The van der Waals surface area contributed by atoms with Crippen LogP contribution in [0.25, 0.3) is 0 Å². The van der Waals surface area contributed by atoms with E-state index in [4.69, 9.17) is 9.47 Å². The first-order chi connectivity index (χ1) is 15.0. The number of carbonyl (C=O) groups is 2. The number of fused-ring (bicyclic) bond motifs is 1. The maximum Gasteiger partial charge on any atom is 0.265 e. The monoisotopic (exact) mass is 417 g/mol. The molecule has 2 amide bonds. The van der Waals surface area contributed by atoms with Crippen molar-refractivity contribution in [2.75, 3.05) is 23.1 Å². The van der Waals surface area contributed by atoms with Gasteiger partial charge in [0, 0.05) is 17.4 Å². The number of anilines is 3. The average molecular weight is 417 g/mol. The lowest BCUT2D eigenvalue weighted by atomic mass is 10.1. The molecule has 0 saturated carbocycles. The first-order valence-corrected chi connectivity index (χ1v) is 9.91. The second kappa shape index (κ2) is 8.79. The van der Waals surface area contributed by atoms with Crippen molar-refractivity contribution in [2.24, 2.45) is 0 Å². The summed E-state index contributed by atoms with van der Waals surface area (Å²) in [6, 6.07) is 21.3. The van der Waals surface area contributed by atoms with Gasteiger partial charge in [-0.1, -0.05) is 36.4 Å². The summed E-state index contributed by atoms with van der Waals surface area (Å²) < 4.78 is 10.8. The van der Waals surface area contributed by atoms with E-state index in [0.29, 0.717) is 28.6 Å². The van der Waals surface area contributed by atoms with E-state index >= 15 is 0 Å². The molecule has 31 heavy (non-hydrogen) atoms. The van der Waals surface area contributed by atoms with Gasteiger partial charge in [0.25, 0.3) is 11.8 Å². The van der Waals surface area contributed by atoms with E-state index < -0.39 is 12.1 Å². The van der Waals surface area contributed by atoms with Gasteiger partial charge < -0.3 is 25.4 Å².